The van der Waals surface area contributed by atoms with Crippen LogP contribution in [0.1, 0.15) is 38.3 Å². The number of halogens is 1. The van der Waals surface area contributed by atoms with E-state index in [-0.39, 0.29) is 24.0 Å². The number of hydrogen-bond donors (Lipinski definition) is 2. The number of nitrogens with one attached hydrogen (secondary N) is 1. The Balaban J connectivity index is 0.00000264. The summed E-state index contributed by atoms with van der Waals surface area (Å²) in [5, 5.41) is 3.34. The van der Waals surface area contributed by atoms with Crippen molar-refractivity contribution in [3.8, 4) is 0 Å². The molecule has 23 heavy (non-hydrogen) atoms. The first kappa shape index (κ1) is 20.2. The Bertz CT molecular complexity index is 493. The van der Waals surface area contributed by atoms with Crippen LogP contribution in [0.15, 0.2) is 23.2 Å². The minimum Gasteiger partial charge on any atom is -0.370 e. The average Bonchev–Trinajstić information content (AvgIpc) is 3.01. The summed E-state index contributed by atoms with van der Waals surface area (Å²) in [6, 6.07) is 6.43. The van der Waals surface area contributed by atoms with E-state index in [2.05, 4.69) is 54.2 Å². The monoisotopic (exact) mass is 430 g/mol. The van der Waals surface area contributed by atoms with E-state index in [1.54, 1.807) is 0 Å². The van der Waals surface area contributed by atoms with E-state index in [1.807, 2.05) is 0 Å². The second kappa shape index (κ2) is 10.1. The third kappa shape index (κ3) is 5.64. The third-order valence-electron chi connectivity index (χ3n) is 4.59. The van der Waals surface area contributed by atoms with Gasteiger partial charge in [0.1, 0.15) is 0 Å². The number of aliphatic imine (C=N–C) groups is 1. The maximum atomic E-state index is 6.12. The Morgan fingerprint density at radius 3 is 2.43 bits per heavy atom. The lowest BCUT2D eigenvalue weighted by molar-refractivity contribution is 0.344. The van der Waals surface area contributed by atoms with Crippen molar-refractivity contribution in [3.05, 3.63) is 29.3 Å². The average molecular weight is 430 g/mol. The fourth-order valence-electron chi connectivity index (χ4n) is 3.15. The molecule has 1 aliphatic rings. The second-order valence-corrected chi connectivity index (χ2v) is 6.06. The number of likely N-dealkylation sites (tertiary alicyclic amines) is 1. The van der Waals surface area contributed by atoms with Crippen molar-refractivity contribution in [2.45, 2.75) is 40.0 Å². The SMILES string of the molecule is CCc1cccc(CC)c1NC(N)=NCC1CCN(CC)C1.I. The van der Waals surface area contributed by atoms with Crippen molar-refractivity contribution < 1.29 is 0 Å². The molecule has 1 atom stereocenters. The molecule has 4 nitrogen and oxygen atoms in total. The van der Waals surface area contributed by atoms with Crippen LogP contribution in [-0.2, 0) is 12.8 Å². The van der Waals surface area contributed by atoms with Gasteiger partial charge in [-0.2, -0.15) is 0 Å². The molecule has 2 rings (SSSR count). The van der Waals surface area contributed by atoms with E-state index >= 15 is 0 Å². The maximum Gasteiger partial charge on any atom is 0.193 e. The molecule has 1 unspecified atom stereocenters. The lowest BCUT2D eigenvalue weighted by atomic mass is 10.0. The summed E-state index contributed by atoms with van der Waals surface area (Å²) in [5.41, 5.74) is 9.87. The van der Waals surface area contributed by atoms with Gasteiger partial charge in [0.05, 0.1) is 0 Å². The lowest BCUT2D eigenvalue weighted by Crippen LogP contribution is -2.26. The Hall–Kier alpha value is -0.820. The molecule has 1 fully saturated rings. The number of nitrogens with two attached hydrogens (primary N) is 1. The Kier molecular flexibility index (Phi) is 8.91. The van der Waals surface area contributed by atoms with Crippen LogP contribution in [0.25, 0.3) is 0 Å². The number of nitrogens with zero attached hydrogens (tertiary/aromatic N) is 2. The normalized spacial score (nSPS) is 18.7. The number of anilines is 1. The Labute approximate surface area is 157 Å². The minimum atomic E-state index is 0. The smallest absolute Gasteiger partial charge is 0.193 e. The van der Waals surface area contributed by atoms with Gasteiger partial charge in [-0.05, 0) is 49.4 Å². The van der Waals surface area contributed by atoms with Gasteiger partial charge in [0.25, 0.3) is 0 Å². The molecule has 0 amide bonds. The van der Waals surface area contributed by atoms with E-state index < -0.39 is 0 Å². The highest BCUT2D eigenvalue weighted by molar-refractivity contribution is 14.0. The van der Waals surface area contributed by atoms with Crippen LogP contribution in [0.3, 0.4) is 0 Å². The molecule has 0 radical (unpaired) electrons. The summed E-state index contributed by atoms with van der Waals surface area (Å²) in [4.78, 5) is 7.06. The van der Waals surface area contributed by atoms with Gasteiger partial charge in [-0.1, -0.05) is 39.0 Å². The van der Waals surface area contributed by atoms with Crippen LogP contribution < -0.4 is 11.1 Å². The van der Waals surface area contributed by atoms with Gasteiger partial charge in [0, 0.05) is 18.8 Å². The van der Waals surface area contributed by atoms with Crippen LogP contribution in [-0.4, -0.2) is 37.0 Å². The highest BCUT2D eigenvalue weighted by Gasteiger charge is 2.20. The van der Waals surface area contributed by atoms with Crippen LogP contribution in [0, 0.1) is 5.92 Å². The van der Waals surface area contributed by atoms with Gasteiger partial charge in [-0.3, -0.25) is 4.99 Å². The van der Waals surface area contributed by atoms with Crippen molar-refractivity contribution in [1.82, 2.24) is 4.90 Å². The van der Waals surface area contributed by atoms with Gasteiger partial charge in [-0.15, -0.1) is 24.0 Å². The van der Waals surface area contributed by atoms with E-state index in [0.29, 0.717) is 11.9 Å². The van der Waals surface area contributed by atoms with Gasteiger partial charge in [0.15, 0.2) is 5.96 Å². The highest BCUT2D eigenvalue weighted by atomic mass is 127. The standard InChI is InChI=1S/C18H30N4.HI/c1-4-15-8-7-9-16(5-2)17(15)21-18(19)20-12-14-10-11-22(6-3)13-14;/h7-9,14H,4-6,10-13H2,1-3H3,(H3,19,20,21);1H. The molecule has 1 saturated heterocycles. The number of benzene rings is 1. The van der Waals surface area contributed by atoms with E-state index in [9.17, 15) is 0 Å². The summed E-state index contributed by atoms with van der Waals surface area (Å²) in [5.74, 6) is 1.19. The number of rotatable bonds is 6. The Morgan fingerprint density at radius 2 is 1.91 bits per heavy atom. The summed E-state index contributed by atoms with van der Waals surface area (Å²) < 4.78 is 0. The summed E-state index contributed by atoms with van der Waals surface area (Å²) in [6.07, 6.45) is 3.23. The molecule has 0 saturated carbocycles. The maximum absolute atomic E-state index is 6.12. The van der Waals surface area contributed by atoms with Gasteiger partial charge < -0.3 is 16.0 Å². The highest BCUT2D eigenvalue weighted by Crippen LogP contribution is 2.22. The number of guanidine groups is 1. The van der Waals surface area contributed by atoms with Crippen molar-refractivity contribution in [1.29, 1.82) is 0 Å². The zero-order chi connectivity index (χ0) is 15.9. The van der Waals surface area contributed by atoms with Crippen molar-refractivity contribution in [2.24, 2.45) is 16.6 Å². The minimum absolute atomic E-state index is 0. The van der Waals surface area contributed by atoms with Crippen molar-refractivity contribution in [2.75, 3.05) is 31.5 Å². The zero-order valence-corrected chi connectivity index (χ0v) is 17.0. The molecule has 0 aromatic heterocycles. The fraction of sp³-hybridized carbons (Fsp3) is 0.611. The van der Waals surface area contributed by atoms with Gasteiger partial charge >= 0.3 is 0 Å². The summed E-state index contributed by atoms with van der Waals surface area (Å²) in [6.45, 7) is 10.9. The molecule has 1 aromatic carbocycles. The van der Waals surface area contributed by atoms with E-state index in [4.69, 9.17) is 5.73 Å². The van der Waals surface area contributed by atoms with E-state index in [1.165, 1.54) is 24.1 Å². The second-order valence-electron chi connectivity index (χ2n) is 6.06. The van der Waals surface area contributed by atoms with E-state index in [0.717, 1.165) is 38.2 Å². The molecule has 130 valence electrons. The first-order chi connectivity index (χ1) is 10.7. The topological polar surface area (TPSA) is 53.6 Å². The summed E-state index contributed by atoms with van der Waals surface area (Å²) in [7, 11) is 0. The molecular weight excluding hydrogens is 399 g/mol. The number of aryl methyl sites for hydroxylation is 2. The number of hydrogen-bond acceptors (Lipinski definition) is 2. The van der Waals surface area contributed by atoms with Gasteiger partial charge in [-0.25, -0.2) is 0 Å². The Morgan fingerprint density at radius 1 is 1.26 bits per heavy atom. The quantitative estimate of drug-likeness (QED) is 0.413. The molecule has 3 N–H and O–H groups in total. The van der Waals surface area contributed by atoms with Crippen LogP contribution in [0.5, 0.6) is 0 Å². The molecule has 1 heterocycles. The van der Waals surface area contributed by atoms with Crippen molar-refractivity contribution >= 4 is 35.6 Å². The number of para-hydroxylation sites is 1. The predicted octanol–water partition coefficient (Wildman–Crippen LogP) is 3.50. The fourth-order valence-corrected chi connectivity index (χ4v) is 3.15. The lowest BCUT2D eigenvalue weighted by Gasteiger charge is -2.15. The van der Waals surface area contributed by atoms with Crippen LogP contribution in [0.2, 0.25) is 0 Å². The molecule has 1 aromatic rings. The van der Waals surface area contributed by atoms with Crippen LogP contribution in [0.4, 0.5) is 5.69 Å². The summed E-state index contributed by atoms with van der Waals surface area (Å²) >= 11 is 0. The molecule has 0 bridgehead atoms. The zero-order valence-electron chi connectivity index (χ0n) is 14.6. The third-order valence-corrected chi connectivity index (χ3v) is 4.59. The molecular formula is C18H31IN4. The predicted molar refractivity (Wildman–Crippen MR) is 111 cm³/mol. The molecule has 5 heteroatoms. The molecule has 1 aliphatic heterocycles. The van der Waals surface area contributed by atoms with Crippen LogP contribution >= 0.6 is 24.0 Å². The molecule has 0 aliphatic carbocycles. The first-order valence-corrected chi connectivity index (χ1v) is 8.57. The first-order valence-electron chi connectivity index (χ1n) is 8.57. The molecule has 0 spiro atoms. The van der Waals surface area contributed by atoms with Crippen molar-refractivity contribution in [3.63, 3.8) is 0 Å². The largest absolute Gasteiger partial charge is 0.370 e. The van der Waals surface area contributed by atoms with Gasteiger partial charge in [0.2, 0.25) is 0 Å².